The summed E-state index contributed by atoms with van der Waals surface area (Å²) >= 11 is 5.83. The molecule has 0 heterocycles. The average Bonchev–Trinajstić information content (AvgIpc) is 2.12. The van der Waals surface area contributed by atoms with Crippen LogP contribution >= 0.6 is 11.6 Å². The predicted octanol–water partition coefficient (Wildman–Crippen LogP) is 3.97. The van der Waals surface area contributed by atoms with Crippen LogP contribution in [0.4, 0.5) is 0 Å². The van der Waals surface area contributed by atoms with E-state index in [0.717, 1.165) is 5.56 Å². The number of benzene rings is 1. The fourth-order valence-electron chi connectivity index (χ4n) is 1.03. The van der Waals surface area contributed by atoms with Crippen LogP contribution in [0.1, 0.15) is 26.3 Å². The second-order valence-electron chi connectivity index (χ2n) is 4.50. The number of carbonyl (C=O) groups is 1. The Bertz CT molecular complexity index is 386. The summed E-state index contributed by atoms with van der Waals surface area (Å²) in [6.45, 7) is 5.70. The first kappa shape index (κ1) is 12.0. The van der Waals surface area contributed by atoms with E-state index in [1.54, 1.807) is 12.2 Å². The lowest BCUT2D eigenvalue weighted by Gasteiger charge is -2.12. The number of hydrogen-bond donors (Lipinski definition) is 0. The highest BCUT2D eigenvalue weighted by molar-refractivity contribution is 6.30. The predicted molar refractivity (Wildman–Crippen MR) is 64.9 cm³/mol. The Labute approximate surface area is 95.8 Å². The largest absolute Gasteiger partial charge is 0.294 e. The maximum atomic E-state index is 11.6. The normalized spacial score (nSPS) is 12.0. The van der Waals surface area contributed by atoms with Crippen molar-refractivity contribution in [3.63, 3.8) is 0 Å². The Balaban J connectivity index is 2.79. The van der Waals surface area contributed by atoms with Crippen molar-refractivity contribution in [3.8, 4) is 0 Å². The molecule has 1 rings (SSSR count). The second-order valence-corrected chi connectivity index (χ2v) is 4.94. The smallest absolute Gasteiger partial charge is 0.161 e. The molecular formula is C13H15ClO. The van der Waals surface area contributed by atoms with E-state index in [9.17, 15) is 4.79 Å². The Morgan fingerprint density at radius 3 is 2.53 bits per heavy atom. The molecule has 0 spiro atoms. The molecule has 0 saturated heterocycles. The molecule has 0 fully saturated rings. The SMILES string of the molecule is CC(C)(C)C(=O)/C=C/c1cccc(Cl)c1. The van der Waals surface area contributed by atoms with Gasteiger partial charge in [-0.3, -0.25) is 4.79 Å². The summed E-state index contributed by atoms with van der Waals surface area (Å²) in [6, 6.07) is 7.42. The van der Waals surface area contributed by atoms with E-state index in [4.69, 9.17) is 11.6 Å². The molecule has 0 amide bonds. The standard InChI is InChI=1S/C13H15ClO/c1-13(2,3)12(15)8-7-10-5-4-6-11(14)9-10/h4-9H,1-3H3/b8-7+. The summed E-state index contributed by atoms with van der Waals surface area (Å²) < 4.78 is 0. The molecule has 0 N–H and O–H groups in total. The van der Waals surface area contributed by atoms with Crippen LogP contribution in [0.15, 0.2) is 30.3 Å². The summed E-state index contributed by atoms with van der Waals surface area (Å²) in [5.74, 6) is 0.113. The minimum Gasteiger partial charge on any atom is -0.294 e. The van der Waals surface area contributed by atoms with Crippen LogP contribution in [0.5, 0.6) is 0 Å². The third-order valence-corrected chi connectivity index (χ3v) is 2.25. The van der Waals surface area contributed by atoms with Gasteiger partial charge in [-0.2, -0.15) is 0 Å². The first-order valence-electron chi connectivity index (χ1n) is 4.88. The first-order valence-corrected chi connectivity index (χ1v) is 5.25. The van der Waals surface area contributed by atoms with Gasteiger partial charge < -0.3 is 0 Å². The van der Waals surface area contributed by atoms with Crippen LogP contribution in [0.2, 0.25) is 5.02 Å². The minimum absolute atomic E-state index is 0.113. The molecule has 80 valence electrons. The molecule has 0 radical (unpaired) electrons. The maximum Gasteiger partial charge on any atom is 0.161 e. The van der Waals surface area contributed by atoms with Crippen LogP contribution in [0.25, 0.3) is 6.08 Å². The van der Waals surface area contributed by atoms with Crippen LogP contribution in [0, 0.1) is 5.41 Å². The van der Waals surface area contributed by atoms with Gasteiger partial charge in [0.1, 0.15) is 0 Å². The summed E-state index contributed by atoms with van der Waals surface area (Å²) in [5, 5.41) is 0.681. The van der Waals surface area contributed by atoms with E-state index < -0.39 is 0 Å². The number of hydrogen-bond acceptors (Lipinski definition) is 1. The third kappa shape index (κ3) is 3.88. The first-order chi connectivity index (χ1) is 6.89. The highest BCUT2D eigenvalue weighted by atomic mass is 35.5. The van der Waals surface area contributed by atoms with Gasteiger partial charge in [-0.15, -0.1) is 0 Å². The van der Waals surface area contributed by atoms with Gasteiger partial charge in [-0.05, 0) is 23.8 Å². The fourth-order valence-corrected chi connectivity index (χ4v) is 1.23. The molecule has 1 aromatic rings. The van der Waals surface area contributed by atoms with Crippen LogP contribution in [0.3, 0.4) is 0 Å². The molecule has 1 nitrogen and oxygen atoms in total. The molecule has 1 aromatic carbocycles. The third-order valence-electron chi connectivity index (χ3n) is 2.02. The molecule has 0 aliphatic carbocycles. The molecule has 15 heavy (non-hydrogen) atoms. The van der Waals surface area contributed by atoms with Crippen molar-refractivity contribution in [2.45, 2.75) is 20.8 Å². The fraction of sp³-hybridized carbons (Fsp3) is 0.308. The van der Waals surface area contributed by atoms with Gasteiger partial charge in [-0.25, -0.2) is 0 Å². The van der Waals surface area contributed by atoms with Crippen LogP contribution < -0.4 is 0 Å². The summed E-state index contributed by atoms with van der Waals surface area (Å²) in [5.41, 5.74) is 0.620. The zero-order chi connectivity index (χ0) is 11.5. The van der Waals surface area contributed by atoms with Crippen molar-refractivity contribution in [2.75, 3.05) is 0 Å². The number of allylic oxidation sites excluding steroid dienone is 1. The van der Waals surface area contributed by atoms with Gasteiger partial charge in [0.2, 0.25) is 0 Å². The summed E-state index contributed by atoms with van der Waals surface area (Å²) in [7, 11) is 0. The van der Waals surface area contributed by atoms with E-state index in [1.807, 2.05) is 45.0 Å². The van der Waals surface area contributed by atoms with Crippen molar-refractivity contribution >= 4 is 23.5 Å². The van der Waals surface area contributed by atoms with Crippen molar-refractivity contribution in [1.29, 1.82) is 0 Å². The molecule has 0 bridgehead atoms. The van der Waals surface area contributed by atoms with E-state index in [-0.39, 0.29) is 11.2 Å². The topological polar surface area (TPSA) is 17.1 Å². The summed E-state index contributed by atoms with van der Waals surface area (Å²) in [4.78, 5) is 11.6. The van der Waals surface area contributed by atoms with E-state index >= 15 is 0 Å². The maximum absolute atomic E-state index is 11.6. The quantitative estimate of drug-likeness (QED) is 0.692. The lowest BCUT2D eigenvalue weighted by Crippen LogP contribution is -2.17. The Morgan fingerprint density at radius 2 is 2.00 bits per heavy atom. The van der Waals surface area contributed by atoms with Gasteiger partial charge >= 0.3 is 0 Å². The second kappa shape index (κ2) is 4.63. The van der Waals surface area contributed by atoms with Crippen molar-refractivity contribution in [1.82, 2.24) is 0 Å². The molecule has 0 atom stereocenters. The van der Waals surface area contributed by atoms with E-state index in [2.05, 4.69) is 0 Å². The van der Waals surface area contributed by atoms with Gasteiger partial charge in [-0.1, -0.05) is 50.6 Å². The van der Waals surface area contributed by atoms with Gasteiger partial charge in [0, 0.05) is 10.4 Å². The van der Waals surface area contributed by atoms with Gasteiger partial charge in [0.05, 0.1) is 0 Å². The van der Waals surface area contributed by atoms with Crippen molar-refractivity contribution < 1.29 is 4.79 Å². The molecule has 0 saturated carbocycles. The monoisotopic (exact) mass is 222 g/mol. The molecular weight excluding hydrogens is 208 g/mol. The van der Waals surface area contributed by atoms with Gasteiger partial charge in [0.25, 0.3) is 0 Å². The Hall–Kier alpha value is -1.08. The highest BCUT2D eigenvalue weighted by Gasteiger charge is 2.17. The highest BCUT2D eigenvalue weighted by Crippen LogP contribution is 2.17. The molecule has 2 heteroatoms. The molecule has 0 unspecified atom stereocenters. The number of carbonyl (C=O) groups excluding carboxylic acids is 1. The van der Waals surface area contributed by atoms with Crippen molar-refractivity contribution in [3.05, 3.63) is 40.9 Å². The lowest BCUT2D eigenvalue weighted by molar-refractivity contribution is -0.121. The van der Waals surface area contributed by atoms with Gasteiger partial charge in [0.15, 0.2) is 5.78 Å². The number of ketones is 1. The zero-order valence-electron chi connectivity index (χ0n) is 9.25. The Morgan fingerprint density at radius 1 is 1.33 bits per heavy atom. The average molecular weight is 223 g/mol. The Kier molecular flexibility index (Phi) is 3.70. The molecule has 0 aliphatic heterocycles. The van der Waals surface area contributed by atoms with Crippen molar-refractivity contribution in [2.24, 2.45) is 5.41 Å². The zero-order valence-corrected chi connectivity index (χ0v) is 10.0. The number of rotatable bonds is 2. The van der Waals surface area contributed by atoms with Crippen LogP contribution in [-0.2, 0) is 4.79 Å². The van der Waals surface area contributed by atoms with E-state index in [1.165, 1.54) is 0 Å². The molecule has 0 aliphatic rings. The number of halogens is 1. The summed E-state index contributed by atoms with van der Waals surface area (Å²) in [6.07, 6.45) is 3.39. The molecule has 0 aromatic heterocycles. The lowest BCUT2D eigenvalue weighted by atomic mass is 9.90. The van der Waals surface area contributed by atoms with E-state index in [0.29, 0.717) is 5.02 Å². The minimum atomic E-state index is -0.324. The van der Waals surface area contributed by atoms with Crippen LogP contribution in [-0.4, -0.2) is 5.78 Å².